The Hall–Kier alpha value is -1.40. The van der Waals surface area contributed by atoms with Crippen LogP contribution >= 0.6 is 0 Å². The second kappa shape index (κ2) is 4.85. The van der Waals surface area contributed by atoms with Gasteiger partial charge in [-0.05, 0) is 38.8 Å². The lowest BCUT2D eigenvalue weighted by molar-refractivity contribution is 0.0516. The fourth-order valence-electron chi connectivity index (χ4n) is 2.54. The first-order valence-corrected chi connectivity index (χ1v) is 6.16. The SMILES string of the molecule is CC1(C)CC(C#N)CCN1Cc1ccccn1. The first-order valence-electron chi connectivity index (χ1n) is 6.16. The smallest absolute Gasteiger partial charge is 0.0657 e. The zero-order valence-electron chi connectivity index (χ0n) is 10.6. The molecule has 2 rings (SSSR count). The average molecular weight is 229 g/mol. The van der Waals surface area contributed by atoms with Crippen LogP contribution in [0.25, 0.3) is 0 Å². The Labute approximate surface area is 103 Å². The minimum absolute atomic E-state index is 0.0934. The predicted molar refractivity (Wildman–Crippen MR) is 67.1 cm³/mol. The van der Waals surface area contributed by atoms with Crippen molar-refractivity contribution in [2.24, 2.45) is 5.92 Å². The molecule has 0 aliphatic carbocycles. The minimum atomic E-state index is 0.0934. The Bertz CT molecular complexity index is 405. The second-order valence-electron chi connectivity index (χ2n) is 5.37. The fraction of sp³-hybridized carbons (Fsp3) is 0.571. The lowest BCUT2D eigenvalue weighted by atomic mass is 9.83. The van der Waals surface area contributed by atoms with E-state index in [1.54, 1.807) is 0 Å². The summed E-state index contributed by atoms with van der Waals surface area (Å²) in [4.78, 5) is 6.80. The maximum Gasteiger partial charge on any atom is 0.0657 e. The van der Waals surface area contributed by atoms with Crippen molar-refractivity contribution in [1.29, 1.82) is 5.26 Å². The van der Waals surface area contributed by atoms with Crippen LogP contribution in [-0.2, 0) is 6.54 Å². The molecule has 0 bridgehead atoms. The second-order valence-corrected chi connectivity index (χ2v) is 5.37. The van der Waals surface area contributed by atoms with Gasteiger partial charge in [-0.25, -0.2) is 0 Å². The van der Waals surface area contributed by atoms with Gasteiger partial charge in [0, 0.05) is 30.7 Å². The summed E-state index contributed by atoms with van der Waals surface area (Å²) in [6.45, 7) is 6.31. The van der Waals surface area contributed by atoms with Gasteiger partial charge in [0.25, 0.3) is 0 Å². The maximum atomic E-state index is 9.02. The molecule has 2 heterocycles. The van der Waals surface area contributed by atoms with Gasteiger partial charge in [0.05, 0.1) is 11.8 Å². The molecule has 17 heavy (non-hydrogen) atoms. The van der Waals surface area contributed by atoms with Crippen LogP contribution in [0.2, 0.25) is 0 Å². The van der Waals surface area contributed by atoms with E-state index in [1.165, 1.54) is 0 Å². The lowest BCUT2D eigenvalue weighted by Gasteiger charge is -2.44. The van der Waals surface area contributed by atoms with Crippen LogP contribution in [-0.4, -0.2) is 22.0 Å². The summed E-state index contributed by atoms with van der Waals surface area (Å²) in [7, 11) is 0. The van der Waals surface area contributed by atoms with Gasteiger partial charge in [-0.15, -0.1) is 0 Å². The summed E-state index contributed by atoms with van der Waals surface area (Å²) in [5, 5.41) is 9.02. The highest BCUT2D eigenvalue weighted by molar-refractivity contribution is 5.05. The molecule has 0 amide bonds. The number of nitriles is 1. The molecule has 3 heteroatoms. The number of likely N-dealkylation sites (tertiary alicyclic amines) is 1. The molecule has 0 radical (unpaired) electrons. The van der Waals surface area contributed by atoms with E-state index >= 15 is 0 Å². The van der Waals surface area contributed by atoms with E-state index in [4.69, 9.17) is 5.26 Å². The summed E-state index contributed by atoms with van der Waals surface area (Å²) in [6.07, 6.45) is 3.77. The first kappa shape index (κ1) is 12.1. The monoisotopic (exact) mass is 229 g/mol. The number of aromatic nitrogens is 1. The van der Waals surface area contributed by atoms with Crippen molar-refractivity contribution >= 4 is 0 Å². The molecule has 3 nitrogen and oxygen atoms in total. The quantitative estimate of drug-likeness (QED) is 0.782. The molecule has 1 fully saturated rings. The van der Waals surface area contributed by atoms with Gasteiger partial charge in [-0.2, -0.15) is 5.26 Å². The zero-order valence-corrected chi connectivity index (χ0v) is 10.6. The van der Waals surface area contributed by atoms with Gasteiger partial charge in [0.15, 0.2) is 0 Å². The van der Waals surface area contributed by atoms with E-state index in [-0.39, 0.29) is 11.5 Å². The van der Waals surface area contributed by atoms with Crippen LogP contribution in [0.3, 0.4) is 0 Å². The summed E-state index contributed by atoms with van der Waals surface area (Å²) in [5.41, 5.74) is 1.20. The summed E-state index contributed by atoms with van der Waals surface area (Å²) in [5.74, 6) is 0.213. The number of rotatable bonds is 2. The Balaban J connectivity index is 2.05. The van der Waals surface area contributed by atoms with Crippen molar-refractivity contribution in [1.82, 2.24) is 9.88 Å². The molecule has 0 aromatic carbocycles. The summed E-state index contributed by atoms with van der Waals surface area (Å²) < 4.78 is 0. The molecule has 0 saturated carbocycles. The van der Waals surface area contributed by atoms with Crippen LogP contribution in [0.15, 0.2) is 24.4 Å². The average Bonchev–Trinajstić information content (AvgIpc) is 2.33. The molecule has 1 aromatic heterocycles. The Kier molecular flexibility index (Phi) is 3.44. The fourth-order valence-corrected chi connectivity index (χ4v) is 2.54. The molecule has 90 valence electrons. The van der Waals surface area contributed by atoms with Crippen LogP contribution in [0.5, 0.6) is 0 Å². The van der Waals surface area contributed by atoms with E-state index in [9.17, 15) is 0 Å². The Morgan fingerprint density at radius 2 is 2.35 bits per heavy atom. The Morgan fingerprint density at radius 3 is 2.94 bits per heavy atom. The maximum absolute atomic E-state index is 9.02. The van der Waals surface area contributed by atoms with Gasteiger partial charge in [-0.3, -0.25) is 9.88 Å². The van der Waals surface area contributed by atoms with E-state index in [0.717, 1.165) is 31.6 Å². The third-order valence-electron chi connectivity index (χ3n) is 3.61. The highest BCUT2D eigenvalue weighted by Crippen LogP contribution is 2.31. The summed E-state index contributed by atoms with van der Waals surface area (Å²) in [6, 6.07) is 8.43. The van der Waals surface area contributed by atoms with Crippen molar-refractivity contribution < 1.29 is 0 Å². The van der Waals surface area contributed by atoms with Crippen molar-refractivity contribution in [2.45, 2.75) is 38.8 Å². The first-order chi connectivity index (χ1) is 8.12. The number of nitrogens with zero attached hydrogens (tertiary/aromatic N) is 3. The molecular formula is C14H19N3. The van der Waals surface area contributed by atoms with Crippen LogP contribution in [0.1, 0.15) is 32.4 Å². The van der Waals surface area contributed by atoms with Gasteiger partial charge in [0.1, 0.15) is 0 Å². The molecule has 1 unspecified atom stereocenters. The van der Waals surface area contributed by atoms with Gasteiger partial charge in [-0.1, -0.05) is 6.07 Å². The number of pyridine rings is 1. The molecule has 1 aliphatic heterocycles. The van der Waals surface area contributed by atoms with Crippen molar-refractivity contribution in [3.05, 3.63) is 30.1 Å². The highest BCUT2D eigenvalue weighted by atomic mass is 15.2. The minimum Gasteiger partial charge on any atom is -0.292 e. The molecule has 0 spiro atoms. The topological polar surface area (TPSA) is 39.9 Å². The van der Waals surface area contributed by atoms with E-state index in [1.807, 2.05) is 18.3 Å². The predicted octanol–water partition coefficient (Wildman–Crippen LogP) is 2.60. The van der Waals surface area contributed by atoms with Crippen LogP contribution < -0.4 is 0 Å². The standard InChI is InChI=1S/C14H19N3/c1-14(2)9-12(10-15)6-8-17(14)11-13-5-3-4-7-16-13/h3-5,7,12H,6,8-9,11H2,1-2H3. The van der Waals surface area contributed by atoms with Crippen molar-refractivity contribution in [3.8, 4) is 6.07 Å². The molecule has 1 atom stereocenters. The highest BCUT2D eigenvalue weighted by Gasteiger charge is 2.34. The van der Waals surface area contributed by atoms with Gasteiger partial charge in [0.2, 0.25) is 0 Å². The van der Waals surface area contributed by atoms with Gasteiger partial charge >= 0.3 is 0 Å². The summed E-state index contributed by atoms with van der Waals surface area (Å²) >= 11 is 0. The van der Waals surface area contributed by atoms with Crippen LogP contribution in [0, 0.1) is 17.2 Å². The number of piperidine rings is 1. The Morgan fingerprint density at radius 1 is 1.53 bits per heavy atom. The molecule has 1 aromatic rings. The van der Waals surface area contributed by atoms with Gasteiger partial charge < -0.3 is 0 Å². The molecule has 0 N–H and O–H groups in total. The third kappa shape index (κ3) is 2.83. The van der Waals surface area contributed by atoms with Crippen LogP contribution in [0.4, 0.5) is 0 Å². The largest absolute Gasteiger partial charge is 0.292 e. The van der Waals surface area contributed by atoms with Crippen molar-refractivity contribution in [2.75, 3.05) is 6.54 Å². The number of hydrogen-bond acceptors (Lipinski definition) is 3. The number of hydrogen-bond donors (Lipinski definition) is 0. The van der Waals surface area contributed by atoms with E-state index in [2.05, 4.69) is 35.9 Å². The van der Waals surface area contributed by atoms with Crippen molar-refractivity contribution in [3.63, 3.8) is 0 Å². The lowest BCUT2D eigenvalue weighted by Crippen LogP contribution is -2.49. The van der Waals surface area contributed by atoms with E-state index < -0.39 is 0 Å². The molecule has 1 saturated heterocycles. The van der Waals surface area contributed by atoms with E-state index in [0.29, 0.717) is 0 Å². The normalized spacial score (nSPS) is 24.2. The molecular weight excluding hydrogens is 210 g/mol. The third-order valence-corrected chi connectivity index (χ3v) is 3.61. The zero-order chi connectivity index (χ0) is 12.3. The molecule has 1 aliphatic rings.